The van der Waals surface area contributed by atoms with E-state index in [0.29, 0.717) is 18.4 Å². The lowest BCUT2D eigenvalue weighted by Gasteiger charge is -2.12. The highest BCUT2D eigenvalue weighted by atomic mass is 32.2. The number of ether oxygens (including phenoxy) is 1. The number of rotatable bonds is 5. The van der Waals surface area contributed by atoms with E-state index in [-0.39, 0.29) is 22.4 Å². The van der Waals surface area contributed by atoms with Crippen molar-refractivity contribution in [3.05, 3.63) is 53.3 Å². The first kappa shape index (κ1) is 22.7. The molecule has 3 aromatic rings. The number of hydrogen-bond acceptors (Lipinski definition) is 5. The van der Waals surface area contributed by atoms with E-state index in [1.807, 2.05) is 0 Å². The molecule has 0 unspecified atom stereocenters. The van der Waals surface area contributed by atoms with E-state index in [4.69, 9.17) is 4.52 Å². The van der Waals surface area contributed by atoms with E-state index in [9.17, 15) is 34.8 Å². The molecule has 0 aliphatic heterocycles. The lowest BCUT2D eigenvalue weighted by molar-refractivity contribution is -0.274. The van der Waals surface area contributed by atoms with Crippen LogP contribution in [0.2, 0.25) is 0 Å². The minimum Gasteiger partial charge on any atom is -0.406 e. The lowest BCUT2D eigenvalue weighted by atomic mass is 9.97. The minimum atomic E-state index is -4.92. The van der Waals surface area contributed by atoms with Crippen LogP contribution >= 0.6 is 0 Å². The molecule has 1 aromatic heterocycles. The van der Waals surface area contributed by atoms with Crippen LogP contribution in [0.5, 0.6) is 5.75 Å². The molecule has 0 bridgehead atoms. The summed E-state index contributed by atoms with van der Waals surface area (Å²) >= 11 is 0. The Morgan fingerprint density at radius 1 is 1.10 bits per heavy atom. The average Bonchev–Trinajstić information content (AvgIpc) is 3.06. The third kappa shape index (κ3) is 4.68. The second kappa shape index (κ2) is 7.91. The topological polar surface area (TPSA) is 69.4 Å². The molecule has 5 nitrogen and oxygen atoms in total. The van der Waals surface area contributed by atoms with Crippen LogP contribution in [-0.4, -0.2) is 26.2 Å². The fourth-order valence-corrected chi connectivity index (χ4v) is 3.66. The normalized spacial score (nSPS) is 12.3. The third-order valence-electron chi connectivity index (χ3n) is 4.25. The molecule has 0 N–H and O–H groups in total. The lowest BCUT2D eigenvalue weighted by Crippen LogP contribution is -2.17. The fourth-order valence-electron chi connectivity index (χ4n) is 2.93. The van der Waals surface area contributed by atoms with Crippen molar-refractivity contribution in [1.82, 2.24) is 5.16 Å². The van der Waals surface area contributed by atoms with Gasteiger partial charge in [0.2, 0.25) is 0 Å². The molecule has 166 valence electrons. The molecule has 12 heteroatoms. The van der Waals surface area contributed by atoms with Crippen LogP contribution in [0.3, 0.4) is 0 Å². The summed E-state index contributed by atoms with van der Waals surface area (Å²) in [7, 11) is -4.08. The zero-order valence-electron chi connectivity index (χ0n) is 15.9. The number of hydrogen-bond donors (Lipinski definition) is 0. The SMILES string of the molecule is Cc1cc(-c2noc(CF)c2-c2cc(F)c(S(C)(=O)=O)cc2F)ccc1OC(F)(F)F. The van der Waals surface area contributed by atoms with Crippen LogP contribution in [0.25, 0.3) is 22.4 Å². The summed E-state index contributed by atoms with van der Waals surface area (Å²) in [5.74, 6) is -3.44. The first-order valence-electron chi connectivity index (χ1n) is 8.42. The molecule has 0 aliphatic carbocycles. The summed E-state index contributed by atoms with van der Waals surface area (Å²) in [6, 6.07) is 4.36. The smallest absolute Gasteiger partial charge is 0.406 e. The summed E-state index contributed by atoms with van der Waals surface area (Å²) in [5.41, 5.74) is -0.869. The highest BCUT2D eigenvalue weighted by Crippen LogP contribution is 2.39. The molecular formula is C19H13F6NO4S. The molecule has 0 fully saturated rings. The second-order valence-electron chi connectivity index (χ2n) is 6.53. The molecule has 2 aromatic carbocycles. The zero-order chi connectivity index (χ0) is 23.1. The Labute approximate surface area is 172 Å². The number of alkyl halides is 4. The van der Waals surface area contributed by atoms with Gasteiger partial charge in [-0.15, -0.1) is 13.2 Å². The van der Waals surface area contributed by atoms with E-state index >= 15 is 0 Å². The van der Waals surface area contributed by atoms with Crippen LogP contribution < -0.4 is 4.74 Å². The molecule has 31 heavy (non-hydrogen) atoms. The average molecular weight is 465 g/mol. The van der Waals surface area contributed by atoms with Crippen molar-refractivity contribution in [2.45, 2.75) is 24.9 Å². The zero-order valence-corrected chi connectivity index (χ0v) is 16.7. The van der Waals surface area contributed by atoms with Gasteiger partial charge in [0, 0.05) is 17.4 Å². The van der Waals surface area contributed by atoms with Crippen LogP contribution in [0.15, 0.2) is 39.8 Å². The molecule has 0 atom stereocenters. The molecule has 0 amide bonds. The Balaban J connectivity index is 2.17. The Hall–Kier alpha value is -3.02. The van der Waals surface area contributed by atoms with Crippen LogP contribution in [0.4, 0.5) is 26.3 Å². The second-order valence-corrected chi connectivity index (χ2v) is 8.51. The highest BCUT2D eigenvalue weighted by molar-refractivity contribution is 7.90. The summed E-state index contributed by atoms with van der Waals surface area (Å²) < 4.78 is 112. The maximum Gasteiger partial charge on any atom is 0.573 e. The van der Waals surface area contributed by atoms with Gasteiger partial charge in [-0.3, -0.25) is 0 Å². The fraction of sp³-hybridized carbons (Fsp3) is 0.211. The van der Waals surface area contributed by atoms with Crippen LogP contribution in [0, 0.1) is 18.6 Å². The Morgan fingerprint density at radius 3 is 2.32 bits per heavy atom. The number of sulfone groups is 1. The number of benzene rings is 2. The molecular weight excluding hydrogens is 452 g/mol. The summed E-state index contributed by atoms with van der Waals surface area (Å²) in [5, 5.41) is 3.64. The molecule has 3 rings (SSSR count). The summed E-state index contributed by atoms with van der Waals surface area (Å²) in [6.45, 7) is 0.0486. The Kier molecular flexibility index (Phi) is 5.78. The van der Waals surface area contributed by atoms with Crippen molar-refractivity contribution >= 4 is 9.84 Å². The van der Waals surface area contributed by atoms with Gasteiger partial charge in [0.1, 0.15) is 28.0 Å². The summed E-state index contributed by atoms with van der Waals surface area (Å²) in [6.07, 6.45) is -4.23. The van der Waals surface area contributed by atoms with Gasteiger partial charge in [-0.1, -0.05) is 5.16 Å². The molecule has 0 spiro atoms. The van der Waals surface area contributed by atoms with Crippen molar-refractivity contribution in [3.8, 4) is 28.1 Å². The van der Waals surface area contributed by atoms with Crippen molar-refractivity contribution < 1.29 is 44.0 Å². The Bertz CT molecular complexity index is 1250. The predicted octanol–water partition coefficient (Wildman–Crippen LogP) is 5.37. The maximum absolute atomic E-state index is 14.7. The van der Waals surface area contributed by atoms with Crippen molar-refractivity contribution in [1.29, 1.82) is 0 Å². The quantitative estimate of drug-likeness (QED) is 0.474. The van der Waals surface area contributed by atoms with E-state index < -0.39 is 56.5 Å². The van der Waals surface area contributed by atoms with Gasteiger partial charge < -0.3 is 9.26 Å². The van der Waals surface area contributed by atoms with Crippen molar-refractivity contribution in [3.63, 3.8) is 0 Å². The number of aryl methyl sites for hydroxylation is 1. The molecule has 0 radical (unpaired) electrons. The van der Waals surface area contributed by atoms with Crippen molar-refractivity contribution in [2.75, 3.05) is 6.26 Å². The minimum absolute atomic E-state index is 0.0321. The first-order chi connectivity index (χ1) is 14.3. The van der Waals surface area contributed by atoms with E-state index in [0.717, 1.165) is 12.1 Å². The van der Waals surface area contributed by atoms with Gasteiger partial charge in [-0.2, -0.15) is 0 Å². The molecule has 0 saturated heterocycles. The number of nitrogens with zero attached hydrogens (tertiary/aromatic N) is 1. The Morgan fingerprint density at radius 2 is 1.77 bits per heavy atom. The van der Waals surface area contributed by atoms with Gasteiger partial charge in [-0.25, -0.2) is 21.6 Å². The maximum atomic E-state index is 14.7. The number of halogens is 6. The van der Waals surface area contributed by atoms with E-state index in [2.05, 4.69) is 9.89 Å². The largest absolute Gasteiger partial charge is 0.573 e. The van der Waals surface area contributed by atoms with E-state index in [1.54, 1.807) is 0 Å². The van der Waals surface area contributed by atoms with Gasteiger partial charge in [0.15, 0.2) is 22.3 Å². The van der Waals surface area contributed by atoms with Gasteiger partial charge in [-0.05, 0) is 42.8 Å². The first-order valence-corrected chi connectivity index (χ1v) is 10.3. The standard InChI is InChI=1S/C19H13F6NO4S/c1-9-5-10(3-4-14(9)29-19(23,24)25)18-17(15(8-20)30-26-18)11-6-13(22)16(7-12(11)21)31(2,27)28/h3-7H,8H2,1-2H3. The van der Waals surface area contributed by atoms with Gasteiger partial charge in [0.05, 0.1) is 5.56 Å². The number of aromatic nitrogens is 1. The third-order valence-corrected chi connectivity index (χ3v) is 5.36. The van der Waals surface area contributed by atoms with Crippen LogP contribution in [-0.2, 0) is 16.5 Å². The van der Waals surface area contributed by atoms with E-state index in [1.165, 1.54) is 13.0 Å². The molecule has 1 heterocycles. The van der Waals surface area contributed by atoms with Gasteiger partial charge in [0.25, 0.3) is 0 Å². The van der Waals surface area contributed by atoms with Gasteiger partial charge >= 0.3 is 6.36 Å². The predicted molar refractivity (Wildman–Crippen MR) is 96.6 cm³/mol. The summed E-state index contributed by atoms with van der Waals surface area (Å²) in [4.78, 5) is -0.891. The molecule has 0 aliphatic rings. The van der Waals surface area contributed by atoms with Crippen molar-refractivity contribution in [2.24, 2.45) is 0 Å². The van der Waals surface area contributed by atoms with Crippen LogP contribution in [0.1, 0.15) is 11.3 Å². The highest BCUT2D eigenvalue weighted by Gasteiger charge is 2.32. The molecule has 0 saturated carbocycles. The monoisotopic (exact) mass is 465 g/mol.